The quantitative estimate of drug-likeness (QED) is 0.321. The molecule has 0 spiro atoms. The molecule has 1 amide bonds. The van der Waals surface area contributed by atoms with E-state index in [1.54, 1.807) is 12.1 Å². The summed E-state index contributed by atoms with van der Waals surface area (Å²) in [6.45, 7) is 5.08. The minimum absolute atomic E-state index is 0.0313. The second kappa shape index (κ2) is 10.0. The summed E-state index contributed by atoms with van der Waals surface area (Å²) in [6.07, 6.45) is 7.71. The van der Waals surface area contributed by atoms with E-state index in [0.29, 0.717) is 34.7 Å². The average Bonchev–Trinajstić information content (AvgIpc) is 3.50. The molecule has 0 saturated carbocycles. The molecule has 1 aliphatic heterocycles. The predicted octanol–water partition coefficient (Wildman–Crippen LogP) is 5.42. The third-order valence-corrected chi connectivity index (χ3v) is 7.05. The fourth-order valence-electron chi connectivity index (χ4n) is 4.27. The van der Waals surface area contributed by atoms with E-state index in [2.05, 4.69) is 31.8 Å². The zero-order chi connectivity index (χ0) is 24.4. The van der Waals surface area contributed by atoms with Crippen molar-refractivity contribution >= 4 is 51.4 Å². The maximum absolute atomic E-state index is 13.1. The highest BCUT2D eigenvalue weighted by Gasteiger charge is 2.26. The number of hydrogen-bond acceptors (Lipinski definition) is 7. The monoisotopic (exact) mass is 512 g/mol. The summed E-state index contributed by atoms with van der Waals surface area (Å²) in [4.78, 5) is 29.8. The van der Waals surface area contributed by atoms with E-state index in [-0.39, 0.29) is 23.6 Å². The van der Waals surface area contributed by atoms with Crippen LogP contribution in [0, 0.1) is 5.13 Å². The van der Waals surface area contributed by atoms with E-state index in [1.165, 1.54) is 18.6 Å². The number of nitrogens with one attached hydrogen (secondary N) is 2. The number of H-pyrrole nitrogens is 1. The maximum Gasteiger partial charge on any atom is 0.245 e. The normalized spacial score (nSPS) is 14.3. The van der Waals surface area contributed by atoms with Crippen LogP contribution in [0.25, 0.3) is 11.0 Å². The van der Waals surface area contributed by atoms with Gasteiger partial charge in [0.25, 0.3) is 0 Å². The Morgan fingerprint density at radius 1 is 1.34 bits per heavy atom. The molecule has 11 heteroatoms. The lowest BCUT2D eigenvalue weighted by atomic mass is 9.89. The van der Waals surface area contributed by atoms with Crippen LogP contribution in [0.1, 0.15) is 29.3 Å². The van der Waals surface area contributed by atoms with Crippen molar-refractivity contribution in [2.75, 3.05) is 18.4 Å². The van der Waals surface area contributed by atoms with Gasteiger partial charge in [0.15, 0.2) is 5.13 Å². The number of benzene rings is 1. The van der Waals surface area contributed by atoms with Gasteiger partial charge >= 0.3 is 0 Å². The molecule has 35 heavy (non-hydrogen) atoms. The van der Waals surface area contributed by atoms with Crippen LogP contribution in [-0.2, 0) is 11.4 Å². The third-order valence-electron chi connectivity index (χ3n) is 5.99. The zero-order valence-electron chi connectivity index (χ0n) is 18.6. The second-order valence-electron chi connectivity index (χ2n) is 8.11. The SMILES string of the molecule is C=CC(=O)N1CCC(c2c[nH]c3ncnc(Nc4ccc(OCc5ncc(F)s5)c(Cl)c4)c23)CC1. The lowest BCUT2D eigenvalue weighted by Gasteiger charge is -2.31. The van der Waals surface area contributed by atoms with Gasteiger partial charge in [-0.2, -0.15) is 4.39 Å². The fraction of sp³-hybridized carbons (Fsp3) is 0.250. The lowest BCUT2D eigenvalue weighted by Crippen LogP contribution is -2.36. The van der Waals surface area contributed by atoms with E-state index in [4.69, 9.17) is 16.3 Å². The second-order valence-corrected chi connectivity index (χ2v) is 9.58. The molecule has 3 aromatic heterocycles. The standard InChI is InChI=1S/C24H22ClFN6O2S/c1-2-21(33)32-7-5-14(6-8-32)16-10-28-23-22(16)24(30-13-29-23)31-15-3-4-18(17(25)9-15)34-12-20-27-11-19(26)35-20/h2-4,9-11,13-14H,1,5-8,12H2,(H2,28,29,30,31). The minimum Gasteiger partial charge on any atom is -0.485 e. The number of rotatable bonds is 7. The molecule has 2 N–H and O–H groups in total. The number of piperidine rings is 1. The van der Waals surface area contributed by atoms with Gasteiger partial charge in [-0.05, 0) is 48.6 Å². The van der Waals surface area contributed by atoms with Gasteiger partial charge in [0, 0.05) is 25.0 Å². The number of aromatic nitrogens is 4. The van der Waals surface area contributed by atoms with Crippen molar-refractivity contribution in [1.29, 1.82) is 0 Å². The van der Waals surface area contributed by atoms with Crippen LogP contribution in [0.3, 0.4) is 0 Å². The first-order valence-electron chi connectivity index (χ1n) is 11.0. The van der Waals surface area contributed by atoms with Crippen molar-refractivity contribution < 1.29 is 13.9 Å². The summed E-state index contributed by atoms with van der Waals surface area (Å²) in [5.41, 5.74) is 2.60. The summed E-state index contributed by atoms with van der Waals surface area (Å²) in [6, 6.07) is 5.33. The smallest absolute Gasteiger partial charge is 0.245 e. The highest BCUT2D eigenvalue weighted by molar-refractivity contribution is 7.09. The molecule has 1 saturated heterocycles. The number of carbonyl (C=O) groups excluding carboxylic acids is 1. The van der Waals surface area contributed by atoms with Gasteiger partial charge < -0.3 is 19.9 Å². The number of likely N-dealkylation sites (tertiary alicyclic amines) is 1. The molecule has 180 valence electrons. The Labute approximate surface area is 209 Å². The number of thiazole rings is 1. The van der Waals surface area contributed by atoms with Crippen LogP contribution < -0.4 is 10.1 Å². The molecule has 0 radical (unpaired) electrons. The van der Waals surface area contributed by atoms with Crippen molar-refractivity contribution in [1.82, 2.24) is 24.8 Å². The molecule has 1 aliphatic rings. The highest BCUT2D eigenvalue weighted by atomic mass is 35.5. The van der Waals surface area contributed by atoms with Crippen molar-refractivity contribution in [3.63, 3.8) is 0 Å². The Balaban J connectivity index is 1.33. The Bertz CT molecular complexity index is 1380. The zero-order valence-corrected chi connectivity index (χ0v) is 20.2. The minimum atomic E-state index is -0.356. The molecule has 1 fully saturated rings. The highest BCUT2D eigenvalue weighted by Crippen LogP contribution is 2.37. The van der Waals surface area contributed by atoms with Crippen molar-refractivity contribution in [3.05, 3.63) is 70.3 Å². The van der Waals surface area contributed by atoms with Crippen molar-refractivity contribution in [3.8, 4) is 5.75 Å². The Hall–Kier alpha value is -3.50. The number of halogens is 2. The number of amides is 1. The molecule has 8 nitrogen and oxygen atoms in total. The molecule has 0 atom stereocenters. The molecule has 0 unspecified atom stereocenters. The Morgan fingerprint density at radius 2 is 2.17 bits per heavy atom. The van der Waals surface area contributed by atoms with E-state index < -0.39 is 0 Å². The topological polar surface area (TPSA) is 96.0 Å². The van der Waals surface area contributed by atoms with E-state index in [0.717, 1.165) is 46.5 Å². The van der Waals surface area contributed by atoms with Gasteiger partial charge in [-0.15, -0.1) is 0 Å². The van der Waals surface area contributed by atoms with E-state index in [1.807, 2.05) is 17.2 Å². The summed E-state index contributed by atoms with van der Waals surface area (Å²) in [5.74, 6) is 1.39. The van der Waals surface area contributed by atoms with Crippen molar-refractivity contribution in [2.24, 2.45) is 0 Å². The third kappa shape index (κ3) is 4.98. The van der Waals surface area contributed by atoms with Gasteiger partial charge in [-0.1, -0.05) is 29.5 Å². The first-order valence-corrected chi connectivity index (χ1v) is 12.2. The van der Waals surface area contributed by atoms with Crippen LogP contribution in [0.4, 0.5) is 15.9 Å². The number of fused-ring (bicyclic) bond motifs is 1. The van der Waals surface area contributed by atoms with Crippen LogP contribution in [0.2, 0.25) is 5.02 Å². The van der Waals surface area contributed by atoms with Gasteiger partial charge in [-0.3, -0.25) is 4.79 Å². The predicted molar refractivity (Wildman–Crippen MR) is 134 cm³/mol. The van der Waals surface area contributed by atoms with E-state index in [9.17, 15) is 9.18 Å². The number of carbonyl (C=O) groups is 1. The molecule has 0 bridgehead atoms. The molecular weight excluding hydrogens is 491 g/mol. The number of anilines is 2. The molecule has 0 aliphatic carbocycles. The van der Waals surface area contributed by atoms with Crippen LogP contribution >= 0.6 is 22.9 Å². The molecule has 1 aromatic carbocycles. The summed E-state index contributed by atoms with van der Waals surface area (Å²) < 4.78 is 18.8. The molecule has 4 aromatic rings. The summed E-state index contributed by atoms with van der Waals surface area (Å²) >= 11 is 7.37. The number of hydrogen-bond donors (Lipinski definition) is 2. The summed E-state index contributed by atoms with van der Waals surface area (Å²) in [5, 5.41) is 4.85. The van der Waals surface area contributed by atoms with Gasteiger partial charge in [0.05, 0.1) is 16.6 Å². The molecule has 5 rings (SSSR count). The molecule has 4 heterocycles. The first kappa shape index (κ1) is 23.3. The lowest BCUT2D eigenvalue weighted by molar-refractivity contribution is -0.127. The number of aromatic amines is 1. The largest absolute Gasteiger partial charge is 0.485 e. The van der Waals surface area contributed by atoms with Gasteiger partial charge in [0.2, 0.25) is 5.91 Å². The Morgan fingerprint density at radius 3 is 2.89 bits per heavy atom. The maximum atomic E-state index is 13.1. The van der Waals surface area contributed by atoms with Gasteiger partial charge in [0.1, 0.15) is 35.2 Å². The van der Waals surface area contributed by atoms with Crippen LogP contribution in [0.15, 0.2) is 49.6 Å². The van der Waals surface area contributed by atoms with Gasteiger partial charge in [-0.25, -0.2) is 15.0 Å². The first-order chi connectivity index (χ1) is 17.0. The Kier molecular flexibility index (Phi) is 6.65. The van der Waals surface area contributed by atoms with Crippen LogP contribution in [-0.4, -0.2) is 43.8 Å². The van der Waals surface area contributed by atoms with Crippen molar-refractivity contribution in [2.45, 2.75) is 25.4 Å². The number of nitrogens with zero attached hydrogens (tertiary/aromatic N) is 4. The average molecular weight is 513 g/mol. The van der Waals surface area contributed by atoms with Crippen LogP contribution in [0.5, 0.6) is 5.75 Å². The summed E-state index contributed by atoms with van der Waals surface area (Å²) in [7, 11) is 0. The van der Waals surface area contributed by atoms with E-state index >= 15 is 0 Å². The molecular formula is C24H22ClFN6O2S. The fourth-order valence-corrected chi connectivity index (χ4v) is 5.06. The number of ether oxygens (including phenoxy) is 1.